The van der Waals surface area contributed by atoms with Crippen molar-refractivity contribution >= 4 is 39.5 Å². The molecular weight excluding hydrogens is 460 g/mol. The van der Waals surface area contributed by atoms with Gasteiger partial charge in [-0.1, -0.05) is 59.3 Å². The summed E-state index contributed by atoms with van der Waals surface area (Å²) in [5.41, 5.74) is 3.45. The summed E-state index contributed by atoms with van der Waals surface area (Å²) in [5.74, 6) is 0.969. The first-order chi connectivity index (χ1) is 14.3. The van der Waals surface area contributed by atoms with Crippen molar-refractivity contribution in [1.29, 1.82) is 0 Å². The normalized spacial score (nSPS) is 12.8. The molecule has 1 N–H and O–H groups in total. The maximum Gasteiger partial charge on any atom is 0.242 e. The van der Waals surface area contributed by atoms with Gasteiger partial charge in [-0.05, 0) is 56.0 Å². The zero-order valence-electron chi connectivity index (χ0n) is 18.2. The van der Waals surface area contributed by atoms with E-state index in [4.69, 9.17) is 0 Å². The fraction of sp³-hybridized carbons (Fsp3) is 0.417. The molecule has 2 amide bonds. The summed E-state index contributed by atoms with van der Waals surface area (Å²) in [7, 11) is 0. The van der Waals surface area contributed by atoms with E-state index in [0.717, 1.165) is 22.2 Å². The maximum atomic E-state index is 13.1. The Kier molecular flexibility index (Phi) is 9.92. The van der Waals surface area contributed by atoms with Gasteiger partial charge in [0, 0.05) is 22.8 Å². The third-order valence-electron chi connectivity index (χ3n) is 5.15. The van der Waals surface area contributed by atoms with Crippen molar-refractivity contribution in [3.63, 3.8) is 0 Å². The molecule has 0 spiro atoms. The summed E-state index contributed by atoms with van der Waals surface area (Å²) in [6.07, 6.45) is 0.852. The lowest BCUT2D eigenvalue weighted by Gasteiger charge is -2.29. The number of benzene rings is 2. The Hall–Kier alpha value is -1.79. The van der Waals surface area contributed by atoms with E-state index in [9.17, 15) is 9.59 Å². The fourth-order valence-electron chi connectivity index (χ4n) is 2.98. The van der Waals surface area contributed by atoms with E-state index in [1.54, 1.807) is 23.6 Å². The number of hydrogen-bond donors (Lipinski definition) is 1. The van der Waals surface area contributed by atoms with Crippen LogP contribution in [-0.4, -0.2) is 34.6 Å². The first-order valence-electron chi connectivity index (χ1n) is 10.3. The first kappa shape index (κ1) is 24.5. The standard InChI is InChI=1S/C24H31BrN2O2S/c1-5-18(3)26-24(29)19(4)27(14-20-10-8-12-22(25)13-20)23(28)16-30-15-21-11-7-6-9-17(21)2/h6-13,18-19H,5,14-16H2,1-4H3,(H,26,29)/t18-,19+/m1/s1. The Balaban J connectivity index is 2.09. The summed E-state index contributed by atoms with van der Waals surface area (Å²) >= 11 is 5.07. The van der Waals surface area contributed by atoms with Crippen molar-refractivity contribution in [2.75, 3.05) is 5.75 Å². The lowest BCUT2D eigenvalue weighted by atomic mass is 10.1. The van der Waals surface area contributed by atoms with Gasteiger partial charge in [-0.25, -0.2) is 0 Å². The number of rotatable bonds is 10. The number of aryl methyl sites for hydroxylation is 1. The van der Waals surface area contributed by atoms with Gasteiger partial charge in [-0.3, -0.25) is 9.59 Å². The molecule has 0 saturated carbocycles. The van der Waals surface area contributed by atoms with Crippen LogP contribution in [0.3, 0.4) is 0 Å². The molecule has 0 aliphatic heterocycles. The summed E-state index contributed by atoms with van der Waals surface area (Å²) < 4.78 is 0.957. The molecule has 2 atom stereocenters. The average Bonchev–Trinajstić information content (AvgIpc) is 2.72. The SMILES string of the molecule is CC[C@@H](C)NC(=O)[C@H](C)N(Cc1cccc(Br)c1)C(=O)CSCc1ccccc1C. The van der Waals surface area contributed by atoms with Crippen molar-refractivity contribution in [1.82, 2.24) is 10.2 Å². The van der Waals surface area contributed by atoms with E-state index in [-0.39, 0.29) is 17.9 Å². The number of halogens is 1. The summed E-state index contributed by atoms with van der Waals surface area (Å²) in [6, 6.07) is 15.6. The van der Waals surface area contributed by atoms with E-state index in [0.29, 0.717) is 12.3 Å². The van der Waals surface area contributed by atoms with E-state index < -0.39 is 6.04 Å². The Morgan fingerprint density at radius 3 is 2.53 bits per heavy atom. The van der Waals surface area contributed by atoms with Gasteiger partial charge in [-0.15, -0.1) is 11.8 Å². The van der Waals surface area contributed by atoms with Crippen LogP contribution >= 0.6 is 27.7 Å². The van der Waals surface area contributed by atoms with Gasteiger partial charge in [0.05, 0.1) is 5.75 Å². The molecule has 0 aromatic heterocycles. The molecule has 2 aromatic rings. The predicted octanol–water partition coefficient (Wildman–Crippen LogP) is 5.32. The predicted molar refractivity (Wildman–Crippen MR) is 129 cm³/mol. The molecule has 30 heavy (non-hydrogen) atoms. The van der Waals surface area contributed by atoms with E-state index in [2.05, 4.69) is 40.3 Å². The highest BCUT2D eigenvalue weighted by atomic mass is 79.9. The van der Waals surface area contributed by atoms with Crippen LogP contribution in [-0.2, 0) is 21.9 Å². The van der Waals surface area contributed by atoms with Crippen LogP contribution in [0, 0.1) is 6.92 Å². The van der Waals surface area contributed by atoms with Crippen LogP contribution in [0.5, 0.6) is 0 Å². The van der Waals surface area contributed by atoms with Crippen molar-refractivity contribution in [2.45, 2.75) is 58.5 Å². The molecular formula is C24H31BrN2O2S. The number of hydrogen-bond acceptors (Lipinski definition) is 3. The second kappa shape index (κ2) is 12.2. The zero-order valence-corrected chi connectivity index (χ0v) is 20.6. The molecule has 0 radical (unpaired) electrons. The minimum absolute atomic E-state index is 0.0274. The number of carbonyl (C=O) groups is 2. The lowest BCUT2D eigenvalue weighted by Crippen LogP contribution is -2.50. The molecule has 0 aliphatic rings. The highest BCUT2D eigenvalue weighted by Gasteiger charge is 2.26. The third-order valence-corrected chi connectivity index (χ3v) is 6.61. The van der Waals surface area contributed by atoms with Crippen molar-refractivity contribution in [2.24, 2.45) is 0 Å². The van der Waals surface area contributed by atoms with Crippen molar-refractivity contribution in [3.8, 4) is 0 Å². The average molecular weight is 491 g/mol. The topological polar surface area (TPSA) is 49.4 Å². The maximum absolute atomic E-state index is 13.1. The minimum atomic E-state index is -0.537. The molecule has 162 valence electrons. The van der Waals surface area contributed by atoms with Crippen LogP contribution in [0.15, 0.2) is 53.0 Å². The van der Waals surface area contributed by atoms with Gasteiger partial charge in [0.25, 0.3) is 0 Å². The van der Waals surface area contributed by atoms with Crippen molar-refractivity contribution < 1.29 is 9.59 Å². The fourth-order valence-corrected chi connectivity index (χ4v) is 4.42. The molecule has 6 heteroatoms. The number of amides is 2. The molecule has 0 fully saturated rings. The number of nitrogens with one attached hydrogen (secondary N) is 1. The molecule has 0 aliphatic carbocycles. The highest BCUT2D eigenvalue weighted by molar-refractivity contribution is 9.10. The molecule has 4 nitrogen and oxygen atoms in total. The van der Waals surface area contributed by atoms with Crippen molar-refractivity contribution in [3.05, 3.63) is 69.7 Å². The summed E-state index contributed by atoms with van der Waals surface area (Å²) in [6.45, 7) is 8.29. The van der Waals surface area contributed by atoms with Gasteiger partial charge in [-0.2, -0.15) is 0 Å². The second-order valence-electron chi connectivity index (χ2n) is 7.56. The molecule has 0 heterocycles. The van der Waals surface area contributed by atoms with Gasteiger partial charge in [0.1, 0.15) is 6.04 Å². The number of carbonyl (C=O) groups excluding carboxylic acids is 2. The quantitative estimate of drug-likeness (QED) is 0.489. The summed E-state index contributed by atoms with van der Waals surface area (Å²) in [4.78, 5) is 27.5. The highest BCUT2D eigenvalue weighted by Crippen LogP contribution is 2.19. The third kappa shape index (κ3) is 7.47. The van der Waals surface area contributed by atoms with Crippen LogP contribution in [0.25, 0.3) is 0 Å². The minimum Gasteiger partial charge on any atom is -0.352 e. The summed E-state index contributed by atoms with van der Waals surface area (Å²) in [5, 5.41) is 3.00. The molecule has 0 unspecified atom stereocenters. The molecule has 2 aromatic carbocycles. The monoisotopic (exact) mass is 490 g/mol. The number of nitrogens with zero attached hydrogens (tertiary/aromatic N) is 1. The van der Waals surface area contributed by atoms with E-state index in [1.165, 1.54) is 11.1 Å². The zero-order chi connectivity index (χ0) is 22.1. The van der Waals surface area contributed by atoms with Gasteiger partial charge in [0.15, 0.2) is 0 Å². The molecule has 0 saturated heterocycles. The van der Waals surface area contributed by atoms with E-state index >= 15 is 0 Å². The van der Waals surface area contributed by atoms with Crippen LogP contribution in [0.4, 0.5) is 0 Å². The van der Waals surface area contributed by atoms with Gasteiger partial charge in [0.2, 0.25) is 11.8 Å². The smallest absolute Gasteiger partial charge is 0.242 e. The Bertz CT molecular complexity index is 859. The van der Waals surface area contributed by atoms with E-state index in [1.807, 2.05) is 50.2 Å². The molecule has 0 bridgehead atoms. The Labute approximate surface area is 192 Å². The second-order valence-corrected chi connectivity index (χ2v) is 9.47. The largest absolute Gasteiger partial charge is 0.352 e. The van der Waals surface area contributed by atoms with Crippen LogP contribution in [0.2, 0.25) is 0 Å². The number of thioether (sulfide) groups is 1. The Morgan fingerprint density at radius 2 is 1.87 bits per heavy atom. The van der Waals surface area contributed by atoms with Gasteiger partial charge < -0.3 is 10.2 Å². The van der Waals surface area contributed by atoms with Crippen LogP contribution < -0.4 is 5.32 Å². The Morgan fingerprint density at radius 1 is 1.13 bits per heavy atom. The van der Waals surface area contributed by atoms with Gasteiger partial charge >= 0.3 is 0 Å². The first-order valence-corrected chi connectivity index (χ1v) is 12.2. The lowest BCUT2D eigenvalue weighted by molar-refractivity contribution is -0.138. The van der Waals surface area contributed by atoms with Crippen LogP contribution in [0.1, 0.15) is 43.9 Å². The molecule has 2 rings (SSSR count).